The van der Waals surface area contributed by atoms with E-state index < -0.39 is 0 Å². The maximum absolute atomic E-state index is 6.43. The van der Waals surface area contributed by atoms with Gasteiger partial charge in [0.1, 0.15) is 0 Å². The number of ether oxygens (including phenoxy) is 2. The predicted octanol–water partition coefficient (Wildman–Crippen LogP) is 1.39. The van der Waals surface area contributed by atoms with Gasteiger partial charge in [-0.05, 0) is 43.4 Å². The van der Waals surface area contributed by atoms with Gasteiger partial charge >= 0.3 is 0 Å². The highest BCUT2D eigenvalue weighted by Gasteiger charge is 2.43. The molecule has 1 aromatic carbocycles. The molecular weight excluding hydrogens is 266 g/mol. The molecule has 5 atom stereocenters. The molecule has 2 aliphatic rings. The van der Waals surface area contributed by atoms with E-state index in [0.717, 1.165) is 24.3 Å². The van der Waals surface area contributed by atoms with Crippen LogP contribution in [0.1, 0.15) is 31.2 Å². The summed E-state index contributed by atoms with van der Waals surface area (Å²) in [5.74, 6) is 2.53. The summed E-state index contributed by atoms with van der Waals surface area (Å²) in [5, 5.41) is 0. The van der Waals surface area contributed by atoms with Crippen LogP contribution in [0.3, 0.4) is 0 Å². The molecule has 1 saturated carbocycles. The Bertz CT molecular complexity index is 508. The van der Waals surface area contributed by atoms with E-state index in [1.807, 2.05) is 6.07 Å². The Kier molecular flexibility index (Phi) is 4.06. The van der Waals surface area contributed by atoms with Gasteiger partial charge < -0.3 is 15.2 Å². The third-order valence-electron chi connectivity index (χ3n) is 5.01. The van der Waals surface area contributed by atoms with Crippen molar-refractivity contribution in [1.29, 1.82) is 0 Å². The molecule has 5 nitrogen and oxygen atoms in total. The van der Waals surface area contributed by atoms with Crippen molar-refractivity contribution < 1.29 is 9.47 Å². The fourth-order valence-corrected chi connectivity index (χ4v) is 3.93. The molecule has 0 spiro atoms. The summed E-state index contributed by atoms with van der Waals surface area (Å²) in [5.41, 5.74) is 14.4. The quantitative estimate of drug-likeness (QED) is 0.785. The highest BCUT2D eigenvalue weighted by Crippen LogP contribution is 2.40. The molecule has 5 heteroatoms. The summed E-state index contributed by atoms with van der Waals surface area (Å²) in [7, 11) is 3.34. The lowest BCUT2D eigenvalue weighted by atomic mass is 9.71. The summed E-state index contributed by atoms with van der Waals surface area (Å²) in [4.78, 5) is 0. The Morgan fingerprint density at radius 2 is 1.86 bits per heavy atom. The van der Waals surface area contributed by atoms with Crippen LogP contribution >= 0.6 is 0 Å². The van der Waals surface area contributed by atoms with Gasteiger partial charge in [0, 0.05) is 24.0 Å². The monoisotopic (exact) mass is 291 g/mol. The van der Waals surface area contributed by atoms with E-state index in [9.17, 15) is 0 Å². The predicted molar refractivity (Wildman–Crippen MR) is 82.5 cm³/mol. The van der Waals surface area contributed by atoms with Crippen molar-refractivity contribution >= 4 is 0 Å². The van der Waals surface area contributed by atoms with E-state index in [0.29, 0.717) is 23.9 Å². The number of fused-ring (bicyclic) bond motifs is 1. The van der Waals surface area contributed by atoms with Crippen molar-refractivity contribution in [3.8, 4) is 11.5 Å². The van der Waals surface area contributed by atoms with Crippen LogP contribution in [0, 0.1) is 5.92 Å². The van der Waals surface area contributed by atoms with Gasteiger partial charge in [0.2, 0.25) is 0 Å². The van der Waals surface area contributed by atoms with Crippen molar-refractivity contribution in [2.75, 3.05) is 14.2 Å². The van der Waals surface area contributed by atoms with Crippen LogP contribution in [0.4, 0.5) is 0 Å². The van der Waals surface area contributed by atoms with Crippen LogP contribution in [0.25, 0.3) is 0 Å². The first kappa shape index (κ1) is 14.6. The minimum atomic E-state index is 0.222. The van der Waals surface area contributed by atoms with E-state index in [-0.39, 0.29) is 6.04 Å². The Morgan fingerprint density at radius 1 is 1.10 bits per heavy atom. The Labute approximate surface area is 126 Å². The van der Waals surface area contributed by atoms with E-state index in [1.165, 1.54) is 5.56 Å². The van der Waals surface area contributed by atoms with Gasteiger partial charge in [0.25, 0.3) is 0 Å². The normalized spacial score (nSPS) is 35.3. The smallest absolute Gasteiger partial charge is 0.160 e. The second kappa shape index (κ2) is 5.83. The lowest BCUT2D eigenvalue weighted by Gasteiger charge is -2.37. The summed E-state index contributed by atoms with van der Waals surface area (Å²) in [6.45, 7) is 2.20. The van der Waals surface area contributed by atoms with Crippen LogP contribution in [-0.4, -0.2) is 32.3 Å². The minimum Gasteiger partial charge on any atom is -0.493 e. The number of hydrogen-bond donors (Lipinski definition) is 3. The molecule has 21 heavy (non-hydrogen) atoms. The zero-order valence-corrected chi connectivity index (χ0v) is 12.9. The molecule has 4 N–H and O–H groups in total. The van der Waals surface area contributed by atoms with Gasteiger partial charge in [-0.3, -0.25) is 10.9 Å². The van der Waals surface area contributed by atoms with E-state index in [1.54, 1.807) is 14.2 Å². The standard InChI is InChI=1S/C16H25N3O2/c1-9-16-12(17)6-11(7-13(16)19-18-9)10-4-5-14(20-2)15(8-10)21-3/h4-5,8-9,11-13,16,18-19H,6-7,17H2,1-3H3. The van der Waals surface area contributed by atoms with Crippen molar-refractivity contribution in [3.63, 3.8) is 0 Å². The highest BCUT2D eigenvalue weighted by atomic mass is 16.5. The summed E-state index contributed by atoms with van der Waals surface area (Å²) in [6.07, 6.45) is 2.12. The van der Waals surface area contributed by atoms with Crippen molar-refractivity contribution in [2.24, 2.45) is 11.7 Å². The molecule has 0 aromatic heterocycles. The molecule has 0 bridgehead atoms. The second-order valence-corrected chi connectivity index (χ2v) is 6.21. The highest BCUT2D eigenvalue weighted by molar-refractivity contribution is 5.44. The minimum absolute atomic E-state index is 0.222. The molecular formula is C16H25N3O2. The maximum Gasteiger partial charge on any atom is 0.160 e. The van der Waals surface area contributed by atoms with Gasteiger partial charge in [-0.2, -0.15) is 0 Å². The van der Waals surface area contributed by atoms with Gasteiger partial charge in [-0.1, -0.05) is 6.07 Å². The van der Waals surface area contributed by atoms with Gasteiger partial charge in [-0.25, -0.2) is 0 Å². The first-order chi connectivity index (χ1) is 10.1. The molecule has 1 heterocycles. The number of nitrogens with one attached hydrogen (secondary N) is 2. The number of hydrazine groups is 1. The van der Waals surface area contributed by atoms with Gasteiger partial charge in [0.05, 0.1) is 14.2 Å². The zero-order chi connectivity index (χ0) is 15.0. The van der Waals surface area contributed by atoms with Crippen molar-refractivity contribution in [1.82, 2.24) is 10.9 Å². The molecule has 0 radical (unpaired) electrons. The Balaban J connectivity index is 1.82. The van der Waals surface area contributed by atoms with Crippen LogP contribution in [0.15, 0.2) is 18.2 Å². The molecule has 0 amide bonds. The van der Waals surface area contributed by atoms with Gasteiger partial charge in [0.15, 0.2) is 11.5 Å². The molecule has 3 rings (SSSR count). The molecule has 1 aromatic rings. The first-order valence-electron chi connectivity index (χ1n) is 7.62. The van der Waals surface area contributed by atoms with Crippen molar-refractivity contribution in [3.05, 3.63) is 23.8 Å². The second-order valence-electron chi connectivity index (χ2n) is 6.21. The zero-order valence-electron chi connectivity index (χ0n) is 12.9. The lowest BCUT2D eigenvalue weighted by Crippen LogP contribution is -2.47. The number of nitrogens with two attached hydrogens (primary N) is 1. The van der Waals surface area contributed by atoms with Gasteiger partial charge in [-0.15, -0.1) is 0 Å². The summed E-state index contributed by atoms with van der Waals surface area (Å²) in [6, 6.07) is 7.31. The van der Waals surface area contributed by atoms with Crippen LogP contribution < -0.4 is 26.1 Å². The Morgan fingerprint density at radius 3 is 2.57 bits per heavy atom. The largest absolute Gasteiger partial charge is 0.493 e. The topological polar surface area (TPSA) is 68.5 Å². The number of methoxy groups -OCH3 is 2. The van der Waals surface area contributed by atoms with E-state index in [4.69, 9.17) is 15.2 Å². The van der Waals surface area contributed by atoms with Crippen molar-refractivity contribution in [2.45, 2.75) is 43.8 Å². The van der Waals surface area contributed by atoms with Crippen LogP contribution in [-0.2, 0) is 0 Å². The third kappa shape index (κ3) is 2.61. The summed E-state index contributed by atoms with van der Waals surface area (Å²) < 4.78 is 10.7. The van der Waals surface area contributed by atoms with Crippen LogP contribution in [0.2, 0.25) is 0 Å². The molecule has 1 aliphatic heterocycles. The van der Waals surface area contributed by atoms with E-state index in [2.05, 4.69) is 29.9 Å². The molecule has 1 saturated heterocycles. The fraction of sp³-hybridized carbons (Fsp3) is 0.625. The average molecular weight is 291 g/mol. The number of hydrogen-bond acceptors (Lipinski definition) is 5. The first-order valence-corrected chi connectivity index (χ1v) is 7.62. The molecule has 116 valence electrons. The SMILES string of the molecule is COc1ccc(C2CC(N)C3C(C)NNC3C2)cc1OC. The maximum atomic E-state index is 6.43. The third-order valence-corrected chi connectivity index (χ3v) is 5.01. The summed E-state index contributed by atoms with van der Waals surface area (Å²) >= 11 is 0. The van der Waals surface area contributed by atoms with Crippen LogP contribution in [0.5, 0.6) is 11.5 Å². The average Bonchev–Trinajstić information content (AvgIpc) is 2.88. The Hall–Kier alpha value is -1.30. The molecule has 1 aliphatic carbocycles. The van der Waals surface area contributed by atoms with E-state index >= 15 is 0 Å². The molecule has 5 unspecified atom stereocenters. The fourth-order valence-electron chi connectivity index (χ4n) is 3.93. The molecule has 2 fully saturated rings. The number of benzene rings is 1. The number of rotatable bonds is 3. The lowest BCUT2D eigenvalue weighted by molar-refractivity contribution is 0.245.